The Morgan fingerprint density at radius 1 is 1.27 bits per heavy atom. The van der Waals surface area contributed by atoms with Crippen molar-refractivity contribution in [3.63, 3.8) is 0 Å². The third-order valence-corrected chi connectivity index (χ3v) is 1.29. The van der Waals surface area contributed by atoms with Gasteiger partial charge in [-0.2, -0.15) is 0 Å². The monoisotopic (exact) mass is 164 g/mol. The van der Waals surface area contributed by atoms with E-state index >= 15 is 0 Å². The lowest BCUT2D eigenvalue weighted by atomic mass is 10.2. The third kappa shape index (κ3) is 2.56. The average molecular weight is 165 g/mol. The molecule has 0 saturated heterocycles. The number of hydrogen-bond acceptors (Lipinski definition) is 1. The molecule has 2 radical (unpaired) electrons. The second-order valence-corrected chi connectivity index (χ2v) is 2.29. The maximum absolute atomic E-state index is 9.95. The van der Waals surface area contributed by atoms with Gasteiger partial charge in [-0.15, -0.1) is 0 Å². The molecule has 0 aliphatic heterocycles. The quantitative estimate of drug-likeness (QED) is 0.612. The van der Waals surface area contributed by atoms with Gasteiger partial charge in [0.15, 0.2) is 0 Å². The van der Waals surface area contributed by atoms with E-state index in [9.17, 15) is 4.79 Å². The van der Waals surface area contributed by atoms with Gasteiger partial charge < -0.3 is 0 Å². The smallest absolute Gasteiger partial charge is 0.246 e. The van der Waals surface area contributed by atoms with Gasteiger partial charge in [0, 0.05) is 6.08 Å². The molecule has 0 aromatic heterocycles. The minimum Gasteiger partial charge on any atom is -0.284 e. The molecule has 1 aromatic rings. The summed E-state index contributed by atoms with van der Waals surface area (Å²) in [7, 11) is 0. The van der Waals surface area contributed by atoms with Crippen molar-refractivity contribution in [1.82, 2.24) is 0 Å². The Labute approximate surface area is 70.3 Å². The number of hydrogen-bond donors (Lipinski definition) is 0. The molecule has 1 aromatic carbocycles. The molecule has 1 nitrogen and oxygen atoms in total. The number of rotatable bonds is 2. The molecule has 0 N–H and O–H groups in total. The van der Waals surface area contributed by atoms with Gasteiger partial charge >= 0.3 is 0 Å². The van der Waals surface area contributed by atoms with Crippen molar-refractivity contribution in [3.05, 3.63) is 47.0 Å². The maximum Gasteiger partial charge on any atom is 0.246 e. The van der Waals surface area contributed by atoms with Crippen LogP contribution in [-0.2, 0) is 4.79 Å². The van der Waals surface area contributed by atoms with Crippen molar-refractivity contribution >= 4 is 17.9 Å². The van der Waals surface area contributed by atoms with Crippen molar-refractivity contribution in [2.24, 2.45) is 0 Å². The first-order valence-electron chi connectivity index (χ1n) is 3.05. The van der Waals surface area contributed by atoms with Crippen molar-refractivity contribution in [3.8, 4) is 0 Å². The molecule has 1 rings (SSSR count). The zero-order valence-electron chi connectivity index (χ0n) is 5.67. The van der Waals surface area contributed by atoms with Crippen molar-refractivity contribution in [2.45, 2.75) is 0 Å². The molecular formula is C9H5ClO. The van der Waals surface area contributed by atoms with Crippen LogP contribution in [-0.4, -0.2) is 6.29 Å². The van der Waals surface area contributed by atoms with Gasteiger partial charge in [0.2, 0.25) is 6.29 Å². The van der Waals surface area contributed by atoms with Gasteiger partial charge in [0.1, 0.15) is 5.03 Å². The summed E-state index contributed by atoms with van der Waals surface area (Å²) in [5, 5.41) is -0.0313. The Balaban J connectivity index is 2.87. The van der Waals surface area contributed by atoms with E-state index in [0.29, 0.717) is 0 Å². The van der Waals surface area contributed by atoms with Crippen LogP contribution in [0.5, 0.6) is 0 Å². The van der Waals surface area contributed by atoms with Gasteiger partial charge in [0.05, 0.1) is 0 Å². The predicted octanol–water partition coefficient (Wildman–Crippen LogP) is 2.07. The van der Waals surface area contributed by atoms with E-state index < -0.39 is 0 Å². The second-order valence-electron chi connectivity index (χ2n) is 1.91. The molecule has 0 atom stereocenters. The number of benzene rings is 1. The largest absolute Gasteiger partial charge is 0.284 e. The summed E-state index contributed by atoms with van der Waals surface area (Å²) in [4.78, 5) is 9.95. The molecule has 0 saturated carbocycles. The number of halogens is 1. The molecule has 54 valence electrons. The predicted molar refractivity (Wildman–Crippen MR) is 43.8 cm³/mol. The Bertz CT molecular complexity index is 264. The minimum absolute atomic E-state index is 0.0313. The topological polar surface area (TPSA) is 17.1 Å². The standard InChI is InChI=1S/C9H5ClO/c10-9(7-11)6-8-4-2-1-3-5-8/h1-5H. The minimum atomic E-state index is -0.0313. The molecule has 0 unspecified atom stereocenters. The fourth-order valence-electron chi connectivity index (χ4n) is 0.674. The highest BCUT2D eigenvalue weighted by Crippen LogP contribution is 2.03. The zero-order chi connectivity index (χ0) is 8.10. The van der Waals surface area contributed by atoms with Crippen molar-refractivity contribution < 1.29 is 4.79 Å². The maximum atomic E-state index is 9.95. The van der Waals surface area contributed by atoms with E-state index in [1.165, 1.54) is 6.29 Å². The second kappa shape index (κ2) is 3.94. The molecule has 11 heavy (non-hydrogen) atoms. The average Bonchev–Trinajstić information content (AvgIpc) is 2.06. The van der Waals surface area contributed by atoms with Crippen LogP contribution < -0.4 is 0 Å². The highest BCUT2D eigenvalue weighted by Gasteiger charge is 1.90. The third-order valence-electron chi connectivity index (χ3n) is 1.12. The zero-order valence-corrected chi connectivity index (χ0v) is 6.43. The normalized spacial score (nSPS) is 11.2. The van der Waals surface area contributed by atoms with Crippen LogP contribution in [0, 0.1) is 6.08 Å². The first-order valence-corrected chi connectivity index (χ1v) is 3.43. The van der Waals surface area contributed by atoms with Gasteiger partial charge in [-0.25, -0.2) is 0 Å². The fourth-order valence-corrected chi connectivity index (χ4v) is 0.783. The van der Waals surface area contributed by atoms with Gasteiger partial charge in [-0.05, 0) is 5.56 Å². The number of allylic oxidation sites excluding steroid dienone is 1. The molecule has 0 heterocycles. The lowest BCUT2D eigenvalue weighted by Crippen LogP contribution is -1.76. The molecule has 0 spiro atoms. The summed E-state index contributed by atoms with van der Waals surface area (Å²) in [6.07, 6.45) is 4.18. The van der Waals surface area contributed by atoms with E-state index in [2.05, 4.69) is 6.08 Å². The van der Waals surface area contributed by atoms with Crippen molar-refractivity contribution in [1.29, 1.82) is 0 Å². The summed E-state index contributed by atoms with van der Waals surface area (Å²) in [6, 6.07) is 9.18. The van der Waals surface area contributed by atoms with Crippen LogP contribution >= 0.6 is 11.6 Å². The van der Waals surface area contributed by atoms with Crippen molar-refractivity contribution in [2.75, 3.05) is 0 Å². The van der Waals surface area contributed by atoms with Crippen LogP contribution in [0.2, 0.25) is 0 Å². The first-order chi connectivity index (χ1) is 5.33. The van der Waals surface area contributed by atoms with Crippen LogP contribution in [0.25, 0.3) is 0 Å². The Kier molecular flexibility index (Phi) is 2.87. The fraction of sp³-hybridized carbons (Fsp3) is 0. The lowest BCUT2D eigenvalue weighted by Gasteiger charge is -1.88. The van der Waals surface area contributed by atoms with E-state index in [1.54, 1.807) is 12.1 Å². The van der Waals surface area contributed by atoms with Gasteiger partial charge in [-0.3, -0.25) is 4.79 Å². The molecule has 0 fully saturated rings. The number of carbonyl (C=O) groups excluding carboxylic acids is 1. The van der Waals surface area contributed by atoms with Crippen LogP contribution in [0.3, 0.4) is 0 Å². The summed E-state index contributed by atoms with van der Waals surface area (Å²) >= 11 is 5.38. The van der Waals surface area contributed by atoms with Gasteiger partial charge in [-0.1, -0.05) is 41.9 Å². The van der Waals surface area contributed by atoms with Crippen LogP contribution in [0.4, 0.5) is 0 Å². The summed E-state index contributed by atoms with van der Waals surface area (Å²) in [5.74, 6) is 0. The lowest BCUT2D eigenvalue weighted by molar-refractivity contribution is 0.563. The summed E-state index contributed by atoms with van der Waals surface area (Å²) < 4.78 is 0. The highest BCUT2D eigenvalue weighted by atomic mass is 35.5. The molecule has 0 aliphatic carbocycles. The SMILES string of the molecule is O=[C]C(Cl)=[C]c1ccccc1. The van der Waals surface area contributed by atoms with Crippen LogP contribution in [0.1, 0.15) is 5.56 Å². The Hall–Kier alpha value is -1.08. The molecule has 0 amide bonds. The molecular weight excluding hydrogens is 160 g/mol. The highest BCUT2D eigenvalue weighted by molar-refractivity contribution is 6.38. The Morgan fingerprint density at radius 3 is 2.45 bits per heavy atom. The molecule has 2 heteroatoms. The molecule has 0 aliphatic rings. The Morgan fingerprint density at radius 2 is 1.91 bits per heavy atom. The summed E-state index contributed by atoms with van der Waals surface area (Å²) in [6.45, 7) is 0. The van der Waals surface area contributed by atoms with Crippen LogP contribution in [0.15, 0.2) is 35.4 Å². The first kappa shape index (κ1) is 8.02. The van der Waals surface area contributed by atoms with E-state index in [1.807, 2.05) is 18.2 Å². The van der Waals surface area contributed by atoms with E-state index in [4.69, 9.17) is 11.6 Å². The molecule has 0 bridgehead atoms. The van der Waals surface area contributed by atoms with Gasteiger partial charge in [0.25, 0.3) is 0 Å². The van der Waals surface area contributed by atoms with E-state index in [0.717, 1.165) is 5.56 Å². The van der Waals surface area contributed by atoms with E-state index in [-0.39, 0.29) is 5.03 Å². The summed E-state index contributed by atoms with van der Waals surface area (Å²) in [5.41, 5.74) is 0.779.